The molecule has 1 aromatic rings. The van der Waals surface area contributed by atoms with Crippen molar-refractivity contribution in [1.82, 2.24) is 5.32 Å². The fourth-order valence-corrected chi connectivity index (χ4v) is 3.42. The van der Waals surface area contributed by atoms with Crippen molar-refractivity contribution in [2.75, 3.05) is 0 Å². The molecule has 1 N–H and O–H groups in total. The molecule has 4 nitrogen and oxygen atoms in total. The zero-order valence-electron chi connectivity index (χ0n) is 11.9. The van der Waals surface area contributed by atoms with Crippen LogP contribution < -0.4 is 5.32 Å². The van der Waals surface area contributed by atoms with Crippen molar-refractivity contribution >= 4 is 17.3 Å². The lowest BCUT2D eigenvalue weighted by Gasteiger charge is -2.21. The first-order chi connectivity index (χ1) is 9.52. The van der Waals surface area contributed by atoms with Gasteiger partial charge in [0.15, 0.2) is 0 Å². The highest BCUT2D eigenvalue weighted by atomic mass is 35.5. The summed E-state index contributed by atoms with van der Waals surface area (Å²) in [7, 11) is 0. The van der Waals surface area contributed by atoms with Gasteiger partial charge >= 0.3 is 0 Å². The molecule has 0 saturated heterocycles. The number of hydrogen-bond donors (Lipinski definition) is 1. The van der Waals surface area contributed by atoms with Crippen molar-refractivity contribution in [3.8, 4) is 0 Å². The van der Waals surface area contributed by atoms with Crippen LogP contribution in [-0.4, -0.2) is 11.0 Å². The number of rotatable bonds is 5. The van der Waals surface area contributed by atoms with E-state index < -0.39 is 0 Å². The molecule has 20 heavy (non-hydrogen) atoms. The minimum Gasteiger partial charge on any atom is -0.309 e. The monoisotopic (exact) mass is 296 g/mol. The topological polar surface area (TPSA) is 55.2 Å². The SMILES string of the molecule is CCC1CCC(NCc2cc(Cl)ccc2[N+](=O)[O-])C1C. The summed E-state index contributed by atoms with van der Waals surface area (Å²) in [4.78, 5) is 10.7. The van der Waals surface area contributed by atoms with Crippen molar-refractivity contribution in [2.45, 2.75) is 45.7 Å². The number of benzene rings is 1. The first-order valence-corrected chi connectivity index (χ1v) is 7.57. The molecule has 1 aliphatic rings. The quantitative estimate of drug-likeness (QED) is 0.655. The summed E-state index contributed by atoms with van der Waals surface area (Å²) in [5.74, 6) is 1.39. The molecule has 0 spiro atoms. The van der Waals surface area contributed by atoms with Crippen LogP contribution in [-0.2, 0) is 6.54 Å². The Kier molecular flexibility index (Phi) is 5.00. The third-order valence-electron chi connectivity index (χ3n) is 4.54. The third-order valence-corrected chi connectivity index (χ3v) is 4.78. The summed E-state index contributed by atoms with van der Waals surface area (Å²) in [5.41, 5.74) is 0.800. The van der Waals surface area contributed by atoms with Crippen LogP contribution in [0.4, 0.5) is 5.69 Å². The zero-order valence-corrected chi connectivity index (χ0v) is 12.7. The van der Waals surface area contributed by atoms with Gasteiger partial charge < -0.3 is 5.32 Å². The van der Waals surface area contributed by atoms with E-state index in [2.05, 4.69) is 19.2 Å². The maximum absolute atomic E-state index is 11.0. The van der Waals surface area contributed by atoms with E-state index in [0.717, 1.165) is 12.3 Å². The number of nitro benzene ring substituents is 1. The lowest BCUT2D eigenvalue weighted by Crippen LogP contribution is -2.32. The molecular weight excluding hydrogens is 276 g/mol. The normalized spacial score (nSPS) is 25.9. The molecule has 0 bridgehead atoms. The molecule has 1 fully saturated rings. The minimum absolute atomic E-state index is 0.139. The highest BCUT2D eigenvalue weighted by molar-refractivity contribution is 6.30. The molecule has 1 aromatic carbocycles. The van der Waals surface area contributed by atoms with Crippen LogP contribution in [0.3, 0.4) is 0 Å². The van der Waals surface area contributed by atoms with Crippen LogP contribution in [0.1, 0.15) is 38.7 Å². The largest absolute Gasteiger partial charge is 0.309 e. The number of nitrogens with one attached hydrogen (secondary N) is 1. The first kappa shape index (κ1) is 15.3. The van der Waals surface area contributed by atoms with E-state index in [9.17, 15) is 10.1 Å². The van der Waals surface area contributed by atoms with Crippen molar-refractivity contribution in [1.29, 1.82) is 0 Å². The van der Waals surface area contributed by atoms with E-state index >= 15 is 0 Å². The second-order valence-electron chi connectivity index (χ2n) is 5.62. The summed E-state index contributed by atoms with van der Waals surface area (Å²) in [6.45, 7) is 5.00. The van der Waals surface area contributed by atoms with Crippen LogP contribution in [0.2, 0.25) is 5.02 Å². The molecular formula is C15H21ClN2O2. The average molecular weight is 297 g/mol. The van der Waals surface area contributed by atoms with E-state index in [1.807, 2.05) is 0 Å². The fraction of sp³-hybridized carbons (Fsp3) is 0.600. The Bertz CT molecular complexity index is 493. The standard InChI is InChI=1S/C15H21ClN2O2/c1-3-11-4-6-14(10(11)2)17-9-12-8-13(16)5-7-15(12)18(19)20/h5,7-8,10-11,14,17H,3-4,6,9H2,1-2H3. The first-order valence-electron chi connectivity index (χ1n) is 7.19. The molecule has 1 saturated carbocycles. The lowest BCUT2D eigenvalue weighted by molar-refractivity contribution is -0.385. The van der Waals surface area contributed by atoms with Gasteiger partial charge in [-0.1, -0.05) is 31.9 Å². The summed E-state index contributed by atoms with van der Waals surface area (Å²) in [6.07, 6.45) is 3.59. The molecule has 1 aliphatic carbocycles. The van der Waals surface area contributed by atoms with Crippen molar-refractivity contribution in [3.05, 3.63) is 38.9 Å². The number of hydrogen-bond acceptors (Lipinski definition) is 3. The number of nitro groups is 1. The molecule has 2 rings (SSSR count). The Labute approximate surface area is 124 Å². The molecule has 3 unspecified atom stereocenters. The summed E-state index contributed by atoms with van der Waals surface area (Å²) in [5, 5.41) is 15.0. The van der Waals surface area contributed by atoms with Crippen LogP contribution in [0.15, 0.2) is 18.2 Å². The van der Waals surface area contributed by atoms with Crippen molar-refractivity contribution in [2.24, 2.45) is 11.8 Å². The van der Waals surface area contributed by atoms with Crippen molar-refractivity contribution in [3.63, 3.8) is 0 Å². The van der Waals surface area contributed by atoms with Gasteiger partial charge in [0.05, 0.1) is 4.92 Å². The predicted octanol–water partition coefficient (Wildman–Crippen LogP) is 4.16. The molecule has 0 aliphatic heterocycles. The fourth-order valence-electron chi connectivity index (χ4n) is 3.23. The zero-order chi connectivity index (χ0) is 14.7. The van der Waals surface area contributed by atoms with Crippen LogP contribution >= 0.6 is 11.6 Å². The Morgan fingerprint density at radius 2 is 2.20 bits per heavy atom. The Balaban J connectivity index is 2.04. The van der Waals surface area contributed by atoms with Gasteiger partial charge in [0.1, 0.15) is 0 Å². The Morgan fingerprint density at radius 3 is 2.80 bits per heavy atom. The van der Waals surface area contributed by atoms with E-state index in [1.165, 1.54) is 18.9 Å². The van der Waals surface area contributed by atoms with Crippen LogP contribution in [0.5, 0.6) is 0 Å². The molecule has 0 aromatic heterocycles. The highest BCUT2D eigenvalue weighted by Crippen LogP contribution is 2.34. The van der Waals surface area contributed by atoms with Crippen LogP contribution in [0.25, 0.3) is 0 Å². The van der Waals surface area contributed by atoms with E-state index in [1.54, 1.807) is 12.1 Å². The van der Waals surface area contributed by atoms with Gasteiger partial charge in [-0.15, -0.1) is 0 Å². The van der Waals surface area contributed by atoms with Gasteiger partial charge in [0, 0.05) is 29.2 Å². The lowest BCUT2D eigenvalue weighted by atomic mass is 9.93. The van der Waals surface area contributed by atoms with E-state index in [4.69, 9.17) is 11.6 Å². The molecule has 0 heterocycles. The van der Waals surface area contributed by atoms with Gasteiger partial charge in [-0.3, -0.25) is 10.1 Å². The molecule has 5 heteroatoms. The van der Waals surface area contributed by atoms with Gasteiger partial charge in [-0.2, -0.15) is 0 Å². The van der Waals surface area contributed by atoms with Gasteiger partial charge in [0.25, 0.3) is 5.69 Å². The molecule has 3 atom stereocenters. The average Bonchev–Trinajstić information content (AvgIpc) is 2.76. The van der Waals surface area contributed by atoms with Crippen LogP contribution in [0, 0.1) is 22.0 Å². The Hall–Kier alpha value is -1.13. The second-order valence-corrected chi connectivity index (χ2v) is 6.06. The van der Waals surface area contributed by atoms with E-state index in [-0.39, 0.29) is 10.6 Å². The molecule has 110 valence electrons. The summed E-state index contributed by atoms with van der Waals surface area (Å²) < 4.78 is 0. The Morgan fingerprint density at radius 1 is 1.45 bits per heavy atom. The summed E-state index contributed by atoms with van der Waals surface area (Å²) >= 11 is 5.94. The van der Waals surface area contributed by atoms with E-state index in [0.29, 0.717) is 29.1 Å². The molecule has 0 radical (unpaired) electrons. The molecule has 0 amide bonds. The highest BCUT2D eigenvalue weighted by Gasteiger charge is 2.31. The summed E-state index contributed by atoms with van der Waals surface area (Å²) in [6, 6.07) is 5.17. The third kappa shape index (κ3) is 3.30. The maximum atomic E-state index is 11.0. The van der Waals surface area contributed by atoms with Gasteiger partial charge in [0.2, 0.25) is 0 Å². The number of halogens is 1. The maximum Gasteiger partial charge on any atom is 0.273 e. The number of nitrogens with zero attached hydrogens (tertiary/aromatic N) is 1. The smallest absolute Gasteiger partial charge is 0.273 e. The minimum atomic E-state index is -0.347. The van der Waals surface area contributed by atoms with Gasteiger partial charge in [-0.25, -0.2) is 0 Å². The van der Waals surface area contributed by atoms with Gasteiger partial charge in [-0.05, 0) is 36.8 Å². The second kappa shape index (κ2) is 6.55. The predicted molar refractivity (Wildman–Crippen MR) is 80.9 cm³/mol. The van der Waals surface area contributed by atoms with Crippen molar-refractivity contribution < 1.29 is 4.92 Å².